The smallest absolute Gasteiger partial charge is 0.269 e. The summed E-state index contributed by atoms with van der Waals surface area (Å²) >= 11 is 0. The van der Waals surface area contributed by atoms with Crippen LogP contribution in [0.15, 0.2) is 78.2 Å². The lowest BCUT2D eigenvalue weighted by Crippen LogP contribution is -2.28. The summed E-state index contributed by atoms with van der Waals surface area (Å²) in [4.78, 5) is 32.8. The molecule has 0 spiro atoms. The Bertz CT molecular complexity index is 1150. The molecule has 1 amide bonds. The lowest BCUT2D eigenvalue weighted by molar-refractivity contribution is -0.116. The Morgan fingerprint density at radius 3 is 2.85 bits per heavy atom. The first kappa shape index (κ1) is 16.7. The molecule has 0 aliphatic rings. The standard InChI is InChI=1S/C20H17N5O2/c26-19(13-25-18-7-2-1-6-17(18)22-11-20(25)27)23-16-5-3-4-15(10-16)12-24-9-8-21-14-24/h1-11,14H,12-13H2,(H,23,26). The number of imidazole rings is 1. The maximum absolute atomic E-state index is 12.5. The van der Waals surface area contributed by atoms with Crippen molar-refractivity contribution in [2.75, 3.05) is 5.32 Å². The van der Waals surface area contributed by atoms with E-state index in [0.29, 0.717) is 23.3 Å². The number of anilines is 1. The second-order valence-corrected chi connectivity index (χ2v) is 6.15. The Labute approximate surface area is 154 Å². The van der Waals surface area contributed by atoms with Crippen LogP contribution < -0.4 is 10.9 Å². The number of fused-ring (bicyclic) bond motifs is 1. The van der Waals surface area contributed by atoms with Crippen LogP contribution in [0.1, 0.15) is 5.56 Å². The van der Waals surface area contributed by atoms with Crippen molar-refractivity contribution in [2.45, 2.75) is 13.1 Å². The maximum Gasteiger partial charge on any atom is 0.269 e. The summed E-state index contributed by atoms with van der Waals surface area (Å²) in [7, 11) is 0. The molecule has 0 aliphatic heterocycles. The molecule has 1 N–H and O–H groups in total. The van der Waals surface area contributed by atoms with Crippen LogP contribution in [0, 0.1) is 0 Å². The molecule has 2 aromatic carbocycles. The summed E-state index contributed by atoms with van der Waals surface area (Å²) < 4.78 is 3.37. The molecule has 0 saturated carbocycles. The maximum atomic E-state index is 12.5. The molecular weight excluding hydrogens is 342 g/mol. The average Bonchev–Trinajstić information content (AvgIpc) is 3.17. The van der Waals surface area contributed by atoms with E-state index >= 15 is 0 Å². The van der Waals surface area contributed by atoms with E-state index in [1.54, 1.807) is 18.6 Å². The van der Waals surface area contributed by atoms with Gasteiger partial charge in [-0.25, -0.2) is 9.97 Å². The molecule has 0 fully saturated rings. The topological polar surface area (TPSA) is 81.8 Å². The van der Waals surface area contributed by atoms with Gasteiger partial charge in [0.1, 0.15) is 6.54 Å². The zero-order chi connectivity index (χ0) is 18.6. The highest BCUT2D eigenvalue weighted by Crippen LogP contribution is 2.13. The highest BCUT2D eigenvalue weighted by atomic mass is 16.2. The van der Waals surface area contributed by atoms with Crippen molar-refractivity contribution in [1.82, 2.24) is 19.1 Å². The van der Waals surface area contributed by atoms with Gasteiger partial charge in [-0.15, -0.1) is 0 Å². The van der Waals surface area contributed by atoms with Crippen molar-refractivity contribution in [3.8, 4) is 0 Å². The number of para-hydroxylation sites is 2. The summed E-state index contributed by atoms with van der Waals surface area (Å²) in [6.07, 6.45) is 6.59. The molecule has 7 nitrogen and oxygen atoms in total. The predicted molar refractivity (Wildman–Crippen MR) is 102 cm³/mol. The first-order chi connectivity index (χ1) is 13.2. The van der Waals surface area contributed by atoms with Crippen molar-refractivity contribution in [3.05, 3.63) is 89.4 Å². The lowest BCUT2D eigenvalue weighted by atomic mass is 10.2. The third-order valence-electron chi connectivity index (χ3n) is 4.19. The molecule has 0 bridgehead atoms. The highest BCUT2D eigenvalue weighted by molar-refractivity contribution is 5.91. The molecule has 0 unspecified atom stereocenters. The number of rotatable bonds is 5. The van der Waals surface area contributed by atoms with Crippen molar-refractivity contribution >= 4 is 22.6 Å². The van der Waals surface area contributed by atoms with Crippen molar-refractivity contribution < 1.29 is 4.79 Å². The summed E-state index contributed by atoms with van der Waals surface area (Å²) in [5.74, 6) is -0.270. The quantitative estimate of drug-likeness (QED) is 0.593. The Balaban J connectivity index is 1.52. The molecule has 0 saturated heterocycles. The Morgan fingerprint density at radius 2 is 2.00 bits per heavy atom. The van der Waals surface area contributed by atoms with Gasteiger partial charge in [0, 0.05) is 24.6 Å². The summed E-state index contributed by atoms with van der Waals surface area (Å²) in [6.45, 7) is 0.589. The SMILES string of the molecule is O=C(Cn1c(=O)cnc2ccccc21)Nc1cccc(Cn2ccnc2)c1. The monoisotopic (exact) mass is 359 g/mol. The molecule has 134 valence electrons. The van der Waals surface area contributed by atoms with Crippen LogP contribution in [0.5, 0.6) is 0 Å². The minimum atomic E-state index is -0.308. The molecule has 4 aromatic rings. The van der Waals surface area contributed by atoms with Crippen LogP contribution >= 0.6 is 0 Å². The number of hydrogen-bond donors (Lipinski definition) is 1. The molecule has 0 atom stereocenters. The van der Waals surface area contributed by atoms with Gasteiger partial charge in [-0.1, -0.05) is 24.3 Å². The molecule has 4 rings (SSSR count). The first-order valence-electron chi connectivity index (χ1n) is 8.48. The van der Waals surface area contributed by atoms with E-state index in [0.717, 1.165) is 5.56 Å². The molecule has 2 aromatic heterocycles. The van der Waals surface area contributed by atoms with Gasteiger partial charge in [-0.2, -0.15) is 0 Å². The predicted octanol–water partition coefficient (Wildman–Crippen LogP) is 2.28. The minimum absolute atomic E-state index is 0.0758. The fraction of sp³-hybridized carbons (Fsp3) is 0.100. The second kappa shape index (κ2) is 7.25. The fourth-order valence-corrected chi connectivity index (χ4v) is 2.96. The van der Waals surface area contributed by atoms with Gasteiger partial charge in [0.15, 0.2) is 0 Å². The minimum Gasteiger partial charge on any atom is -0.333 e. The van der Waals surface area contributed by atoms with E-state index in [2.05, 4.69) is 15.3 Å². The molecule has 0 radical (unpaired) electrons. The number of carbonyl (C=O) groups excluding carboxylic acids is 1. The third kappa shape index (κ3) is 3.77. The van der Waals surface area contributed by atoms with Crippen LogP contribution in [0.3, 0.4) is 0 Å². The van der Waals surface area contributed by atoms with E-state index in [1.165, 1.54) is 10.8 Å². The van der Waals surface area contributed by atoms with Gasteiger partial charge >= 0.3 is 0 Å². The van der Waals surface area contributed by atoms with Crippen molar-refractivity contribution in [2.24, 2.45) is 0 Å². The number of carbonyl (C=O) groups is 1. The normalized spacial score (nSPS) is 10.8. The number of nitrogens with zero attached hydrogens (tertiary/aromatic N) is 4. The van der Waals surface area contributed by atoms with Crippen LogP contribution in [0.4, 0.5) is 5.69 Å². The molecular formula is C20H17N5O2. The Hall–Kier alpha value is -3.74. The van der Waals surface area contributed by atoms with E-state index in [1.807, 2.05) is 53.2 Å². The van der Waals surface area contributed by atoms with Crippen molar-refractivity contribution in [3.63, 3.8) is 0 Å². The zero-order valence-corrected chi connectivity index (χ0v) is 14.4. The van der Waals surface area contributed by atoms with Crippen LogP contribution in [0.25, 0.3) is 11.0 Å². The molecule has 2 heterocycles. The van der Waals surface area contributed by atoms with E-state index in [4.69, 9.17) is 0 Å². The van der Waals surface area contributed by atoms with E-state index in [9.17, 15) is 9.59 Å². The highest BCUT2D eigenvalue weighted by Gasteiger charge is 2.09. The van der Waals surface area contributed by atoms with E-state index in [-0.39, 0.29) is 18.0 Å². The number of hydrogen-bond acceptors (Lipinski definition) is 4. The van der Waals surface area contributed by atoms with Gasteiger partial charge < -0.3 is 9.88 Å². The van der Waals surface area contributed by atoms with Crippen LogP contribution in [-0.2, 0) is 17.9 Å². The molecule has 0 aliphatic carbocycles. The average molecular weight is 359 g/mol. The lowest BCUT2D eigenvalue weighted by Gasteiger charge is -2.11. The van der Waals surface area contributed by atoms with Crippen LogP contribution in [-0.4, -0.2) is 25.0 Å². The number of aromatic nitrogens is 4. The summed E-state index contributed by atoms with van der Waals surface area (Å²) in [5.41, 5.74) is 2.72. The molecule has 27 heavy (non-hydrogen) atoms. The Morgan fingerprint density at radius 1 is 1.11 bits per heavy atom. The number of amides is 1. The van der Waals surface area contributed by atoms with Crippen molar-refractivity contribution in [1.29, 1.82) is 0 Å². The van der Waals surface area contributed by atoms with Gasteiger partial charge in [-0.05, 0) is 29.8 Å². The van der Waals surface area contributed by atoms with Gasteiger partial charge in [0.2, 0.25) is 5.91 Å². The fourth-order valence-electron chi connectivity index (χ4n) is 2.96. The first-order valence-corrected chi connectivity index (χ1v) is 8.48. The summed E-state index contributed by atoms with van der Waals surface area (Å²) in [5, 5.41) is 2.86. The number of nitrogens with one attached hydrogen (secondary N) is 1. The van der Waals surface area contributed by atoms with Crippen LogP contribution in [0.2, 0.25) is 0 Å². The largest absolute Gasteiger partial charge is 0.333 e. The number of benzene rings is 2. The second-order valence-electron chi connectivity index (χ2n) is 6.15. The Kier molecular flexibility index (Phi) is 4.49. The zero-order valence-electron chi connectivity index (χ0n) is 14.4. The van der Waals surface area contributed by atoms with Gasteiger partial charge in [0.05, 0.1) is 23.6 Å². The molecule has 7 heteroatoms. The van der Waals surface area contributed by atoms with Gasteiger partial charge in [-0.3, -0.25) is 14.2 Å². The summed E-state index contributed by atoms with van der Waals surface area (Å²) in [6, 6.07) is 14.8. The van der Waals surface area contributed by atoms with Gasteiger partial charge in [0.25, 0.3) is 5.56 Å². The third-order valence-corrected chi connectivity index (χ3v) is 4.19. The van der Waals surface area contributed by atoms with E-state index < -0.39 is 0 Å².